The zero-order valence-corrected chi connectivity index (χ0v) is 19.7. The molecule has 3 aliphatic rings. The first kappa shape index (κ1) is 19.8. The minimum absolute atomic E-state index is 0.104. The summed E-state index contributed by atoms with van der Waals surface area (Å²) in [5, 5.41) is 0. The Morgan fingerprint density at radius 1 is 0.812 bits per heavy atom. The van der Waals surface area contributed by atoms with Crippen molar-refractivity contribution < 1.29 is 0 Å². The van der Waals surface area contributed by atoms with Crippen LogP contribution in [0.1, 0.15) is 62.3 Å². The van der Waals surface area contributed by atoms with Gasteiger partial charge < -0.3 is 0 Å². The van der Waals surface area contributed by atoms with Crippen molar-refractivity contribution >= 4 is 0 Å². The monoisotopic (exact) mass is 416 g/mol. The van der Waals surface area contributed by atoms with Gasteiger partial charge in [-0.15, -0.1) is 0 Å². The van der Waals surface area contributed by atoms with Gasteiger partial charge in [-0.3, -0.25) is 0 Å². The smallest absolute Gasteiger partial charge is 0.00869 e. The van der Waals surface area contributed by atoms with Crippen LogP contribution >= 0.6 is 0 Å². The summed E-state index contributed by atoms with van der Waals surface area (Å²) in [4.78, 5) is 0. The Labute approximate surface area is 192 Å². The Morgan fingerprint density at radius 3 is 2.31 bits per heavy atom. The maximum absolute atomic E-state index is 2.61. The SMILES string of the molecule is CC(C)(C)C1=CC2C(=C1)C(c1ccccc1)CC2(C)c1cccc2c1Cc1ccccc1-2. The van der Waals surface area contributed by atoms with Crippen molar-refractivity contribution in [3.05, 3.63) is 118 Å². The number of allylic oxidation sites excluding steroid dienone is 4. The minimum Gasteiger partial charge on any atom is -0.0727 e. The van der Waals surface area contributed by atoms with E-state index in [4.69, 9.17) is 0 Å². The fourth-order valence-electron chi connectivity index (χ4n) is 6.56. The number of rotatable bonds is 2. The van der Waals surface area contributed by atoms with Gasteiger partial charge in [-0.2, -0.15) is 0 Å². The Morgan fingerprint density at radius 2 is 1.53 bits per heavy atom. The van der Waals surface area contributed by atoms with E-state index in [0.29, 0.717) is 11.8 Å². The molecule has 3 aromatic carbocycles. The Kier molecular flexibility index (Phi) is 4.22. The summed E-state index contributed by atoms with van der Waals surface area (Å²) in [6.07, 6.45) is 7.40. The van der Waals surface area contributed by atoms with Crippen LogP contribution in [0, 0.1) is 11.3 Å². The maximum atomic E-state index is 2.61. The van der Waals surface area contributed by atoms with Gasteiger partial charge in [0.1, 0.15) is 0 Å². The first-order chi connectivity index (χ1) is 15.4. The van der Waals surface area contributed by atoms with Gasteiger partial charge in [0.2, 0.25) is 0 Å². The Balaban J connectivity index is 1.52. The lowest BCUT2D eigenvalue weighted by atomic mass is 9.70. The van der Waals surface area contributed by atoms with Crippen molar-refractivity contribution in [2.24, 2.45) is 11.3 Å². The van der Waals surface area contributed by atoms with Crippen molar-refractivity contribution in [3.8, 4) is 11.1 Å². The molecule has 0 radical (unpaired) electrons. The lowest BCUT2D eigenvalue weighted by Crippen LogP contribution is -2.27. The Hall–Kier alpha value is -2.86. The second kappa shape index (κ2) is 6.82. The van der Waals surface area contributed by atoms with Crippen LogP contribution in [0.4, 0.5) is 0 Å². The fraction of sp³-hybridized carbons (Fsp3) is 0.312. The van der Waals surface area contributed by atoms with Crippen LogP contribution in [0.5, 0.6) is 0 Å². The number of benzene rings is 3. The molecule has 160 valence electrons. The highest BCUT2D eigenvalue weighted by molar-refractivity contribution is 5.78. The van der Waals surface area contributed by atoms with Crippen LogP contribution < -0.4 is 0 Å². The second-order valence-electron chi connectivity index (χ2n) is 11.2. The molecule has 0 aliphatic heterocycles. The molecular weight excluding hydrogens is 384 g/mol. The van der Waals surface area contributed by atoms with Crippen LogP contribution in [-0.4, -0.2) is 0 Å². The summed E-state index contributed by atoms with van der Waals surface area (Å²) in [5.41, 5.74) is 12.3. The Bertz CT molecular complexity index is 1260. The summed E-state index contributed by atoms with van der Waals surface area (Å²) < 4.78 is 0. The predicted octanol–water partition coefficient (Wildman–Crippen LogP) is 8.23. The molecule has 3 aromatic rings. The predicted molar refractivity (Wildman–Crippen MR) is 135 cm³/mol. The second-order valence-corrected chi connectivity index (χ2v) is 11.2. The van der Waals surface area contributed by atoms with Crippen LogP contribution in [0.2, 0.25) is 0 Å². The summed E-state index contributed by atoms with van der Waals surface area (Å²) in [7, 11) is 0. The largest absolute Gasteiger partial charge is 0.0727 e. The number of hydrogen-bond donors (Lipinski definition) is 0. The van der Waals surface area contributed by atoms with E-state index >= 15 is 0 Å². The molecule has 0 spiro atoms. The third-order valence-electron chi connectivity index (χ3n) is 8.28. The van der Waals surface area contributed by atoms with Crippen molar-refractivity contribution in [1.29, 1.82) is 0 Å². The van der Waals surface area contributed by atoms with Gasteiger partial charge in [0, 0.05) is 17.3 Å². The van der Waals surface area contributed by atoms with E-state index < -0.39 is 0 Å². The third-order valence-corrected chi connectivity index (χ3v) is 8.28. The molecule has 3 atom stereocenters. The molecule has 0 bridgehead atoms. The van der Waals surface area contributed by atoms with Crippen LogP contribution in [0.25, 0.3) is 11.1 Å². The molecule has 0 amide bonds. The van der Waals surface area contributed by atoms with Crippen LogP contribution in [0.3, 0.4) is 0 Å². The molecule has 0 saturated heterocycles. The fourth-order valence-corrected chi connectivity index (χ4v) is 6.56. The minimum atomic E-state index is 0.104. The molecule has 0 aromatic heterocycles. The average molecular weight is 417 g/mol. The van der Waals surface area contributed by atoms with Crippen molar-refractivity contribution in [1.82, 2.24) is 0 Å². The summed E-state index contributed by atoms with van der Waals surface area (Å²) >= 11 is 0. The van der Waals surface area contributed by atoms with Gasteiger partial charge >= 0.3 is 0 Å². The summed E-state index contributed by atoms with van der Waals surface area (Å²) in [6.45, 7) is 9.59. The van der Waals surface area contributed by atoms with Gasteiger partial charge in [-0.05, 0) is 57.2 Å². The van der Waals surface area contributed by atoms with E-state index in [9.17, 15) is 0 Å². The number of hydrogen-bond acceptors (Lipinski definition) is 0. The molecule has 0 N–H and O–H groups in total. The van der Waals surface area contributed by atoms with Gasteiger partial charge in [0.05, 0.1) is 0 Å². The lowest BCUT2D eigenvalue weighted by molar-refractivity contribution is 0.415. The highest BCUT2D eigenvalue weighted by Gasteiger charge is 2.51. The summed E-state index contributed by atoms with van der Waals surface area (Å²) in [6, 6.07) is 27.2. The third kappa shape index (κ3) is 2.82. The van der Waals surface area contributed by atoms with E-state index in [1.54, 1.807) is 16.7 Å². The number of fused-ring (bicyclic) bond motifs is 4. The van der Waals surface area contributed by atoms with E-state index in [-0.39, 0.29) is 10.8 Å². The average Bonchev–Trinajstić information content (AvgIpc) is 3.46. The van der Waals surface area contributed by atoms with Gasteiger partial charge in [-0.1, -0.05) is 118 Å². The molecular formula is C32H32. The van der Waals surface area contributed by atoms with E-state index in [0.717, 1.165) is 6.42 Å². The highest BCUT2D eigenvalue weighted by Crippen LogP contribution is 2.60. The molecule has 3 unspecified atom stereocenters. The van der Waals surface area contributed by atoms with Crippen LogP contribution in [0.15, 0.2) is 96.1 Å². The molecule has 3 aliphatic carbocycles. The van der Waals surface area contributed by atoms with Crippen LogP contribution in [-0.2, 0) is 11.8 Å². The molecule has 0 heteroatoms. The summed E-state index contributed by atoms with van der Waals surface area (Å²) in [5.74, 6) is 0.957. The van der Waals surface area contributed by atoms with E-state index in [2.05, 4.69) is 113 Å². The van der Waals surface area contributed by atoms with Crippen molar-refractivity contribution in [2.75, 3.05) is 0 Å². The zero-order chi connectivity index (χ0) is 22.1. The first-order valence-corrected chi connectivity index (χ1v) is 12.1. The van der Waals surface area contributed by atoms with Gasteiger partial charge in [-0.25, -0.2) is 0 Å². The van der Waals surface area contributed by atoms with Crippen molar-refractivity contribution in [2.45, 2.75) is 51.9 Å². The first-order valence-electron chi connectivity index (χ1n) is 12.1. The normalized spacial score (nSPS) is 25.8. The topological polar surface area (TPSA) is 0 Å². The molecule has 0 heterocycles. The van der Waals surface area contributed by atoms with E-state index in [1.165, 1.54) is 34.2 Å². The molecule has 0 nitrogen and oxygen atoms in total. The molecule has 32 heavy (non-hydrogen) atoms. The van der Waals surface area contributed by atoms with Crippen molar-refractivity contribution in [3.63, 3.8) is 0 Å². The lowest BCUT2D eigenvalue weighted by Gasteiger charge is -2.33. The standard InChI is InChI=1S/C32H32/c1-31(2,3)23-18-27-28(21-11-6-5-7-12-21)20-32(4,30(27)19-23)29-16-10-15-25-24-14-9-8-13-22(24)17-26(25)29/h5-16,18-19,28,30H,17,20H2,1-4H3. The van der Waals surface area contributed by atoms with E-state index in [1.807, 2.05) is 0 Å². The highest BCUT2D eigenvalue weighted by atomic mass is 14.5. The molecule has 6 rings (SSSR count). The zero-order valence-electron chi connectivity index (χ0n) is 19.7. The van der Waals surface area contributed by atoms with Gasteiger partial charge in [0.15, 0.2) is 0 Å². The molecule has 1 fully saturated rings. The molecule has 1 saturated carbocycles. The van der Waals surface area contributed by atoms with Gasteiger partial charge in [0.25, 0.3) is 0 Å². The maximum Gasteiger partial charge on any atom is 0.00869 e. The quantitative estimate of drug-likeness (QED) is 0.309.